The van der Waals surface area contributed by atoms with E-state index in [1.807, 2.05) is 105 Å². The number of rotatable bonds is 32. The Morgan fingerprint density at radius 3 is 1.94 bits per heavy atom. The molecule has 5 N–H and O–H groups in total. The average molecular weight is 1310 g/mol. The van der Waals surface area contributed by atoms with Crippen molar-refractivity contribution in [1.82, 2.24) is 26.2 Å². The number of carboxylic acids is 1. The van der Waals surface area contributed by atoms with Gasteiger partial charge in [-0.3, -0.25) is 19.2 Å². The van der Waals surface area contributed by atoms with E-state index in [0.29, 0.717) is 107 Å². The van der Waals surface area contributed by atoms with Crippen molar-refractivity contribution in [2.24, 2.45) is 0 Å². The molecule has 2 atom stereocenters. The number of thiophene rings is 2. The van der Waals surface area contributed by atoms with Gasteiger partial charge in [0.05, 0.1) is 40.8 Å². The quantitative estimate of drug-likeness (QED) is 0.0116. The minimum atomic E-state index is -4.71. The lowest BCUT2D eigenvalue weighted by Gasteiger charge is -2.28. The zero-order chi connectivity index (χ0) is 64.8. The zero-order valence-corrected chi connectivity index (χ0v) is 54.4. The Balaban J connectivity index is 0.760. The van der Waals surface area contributed by atoms with E-state index < -0.39 is 61.6 Å². The van der Waals surface area contributed by atoms with E-state index in [9.17, 15) is 55.0 Å². The van der Waals surface area contributed by atoms with Gasteiger partial charge < -0.3 is 54.8 Å². The van der Waals surface area contributed by atoms with Crippen LogP contribution in [0, 0.1) is 0 Å². The number of fused-ring (bicyclic) bond motifs is 3. The van der Waals surface area contributed by atoms with E-state index in [4.69, 9.17) is 9.47 Å². The Morgan fingerprint density at radius 1 is 0.711 bits per heavy atom. The second-order valence-corrected chi connectivity index (χ2v) is 28.3. The van der Waals surface area contributed by atoms with Crippen LogP contribution in [-0.4, -0.2) is 115 Å². The summed E-state index contributed by atoms with van der Waals surface area (Å²) in [6.45, 7) is 9.94. The van der Waals surface area contributed by atoms with Crippen LogP contribution in [0.5, 0.6) is 11.5 Å². The molecule has 3 aliphatic rings. The third kappa shape index (κ3) is 17.8. The molecular weight excluding hydrogens is 1230 g/mol. The molecular formula is C65H78N7O14S4-. The van der Waals surface area contributed by atoms with Crippen molar-refractivity contribution in [1.29, 1.82) is 0 Å². The van der Waals surface area contributed by atoms with Gasteiger partial charge in [0.25, 0.3) is 0 Å². The maximum absolute atomic E-state index is 14.4. The van der Waals surface area contributed by atoms with Crippen molar-refractivity contribution in [2.45, 2.75) is 151 Å². The molecule has 25 heteroatoms. The first-order chi connectivity index (χ1) is 42.8. The van der Waals surface area contributed by atoms with E-state index >= 15 is 0 Å². The molecule has 0 radical (unpaired) electrons. The first-order valence-corrected chi connectivity index (χ1v) is 34.6. The fraction of sp³-hybridized carbons (Fsp3) is 0.415. The van der Waals surface area contributed by atoms with Gasteiger partial charge in [-0.05, 0) is 141 Å². The monoisotopic (exact) mass is 1310 g/mol. The Bertz CT molecular complexity index is 3730. The predicted molar refractivity (Wildman–Crippen MR) is 342 cm³/mol. The summed E-state index contributed by atoms with van der Waals surface area (Å²) < 4.78 is 84.6. The lowest BCUT2D eigenvalue weighted by atomic mass is 9.81. The SMILES string of the molecule is C[N+]1=C(/C=C/C=C/C=C2/N(CCCCCC(=O)NCCCCCC(=O)NCCCC[C@H](NC(=O)N[C@@H](CC(=O)O)c3ccc4c(c3)OCO4)C(=O)N(Cc3cccs3)Cc3cccs3)c3ccc(S(=O)(=O)[O-])cc3C2(C)C)C(C)(C)c2cc(S(=O)(=O)[O-])ccc21. The molecule has 482 valence electrons. The summed E-state index contributed by atoms with van der Waals surface area (Å²) in [5.41, 5.74) is 4.00. The number of carboxylic acid groups (broad SMARTS) is 1. The van der Waals surface area contributed by atoms with Crippen LogP contribution in [0.15, 0.2) is 135 Å². The normalized spacial score (nSPS) is 15.9. The Labute approximate surface area is 534 Å². The molecule has 2 aromatic heterocycles. The summed E-state index contributed by atoms with van der Waals surface area (Å²) in [5.74, 6) is -0.679. The average Bonchev–Trinajstić information content (AvgIpc) is 1.60. The van der Waals surface area contributed by atoms with Crippen molar-refractivity contribution in [3.63, 3.8) is 0 Å². The Hall–Kier alpha value is -7.68. The second-order valence-electron chi connectivity index (χ2n) is 23.5. The number of carbonyl (C=O) groups is 5. The molecule has 0 aliphatic carbocycles. The lowest BCUT2D eigenvalue weighted by molar-refractivity contribution is -0.401. The smallest absolute Gasteiger partial charge is 0.315 e. The van der Waals surface area contributed by atoms with Gasteiger partial charge in [-0.25, -0.2) is 21.6 Å². The van der Waals surface area contributed by atoms with Gasteiger partial charge in [0.2, 0.25) is 30.2 Å². The van der Waals surface area contributed by atoms with Crippen LogP contribution < -0.4 is 35.6 Å². The van der Waals surface area contributed by atoms with E-state index in [2.05, 4.69) is 26.2 Å². The maximum Gasteiger partial charge on any atom is 0.315 e. The van der Waals surface area contributed by atoms with Crippen LogP contribution in [0.1, 0.15) is 137 Å². The Morgan fingerprint density at radius 2 is 1.32 bits per heavy atom. The van der Waals surface area contributed by atoms with Gasteiger partial charge in [-0.2, -0.15) is 4.58 Å². The number of ether oxygens (including phenoxy) is 2. The number of carbonyl (C=O) groups excluding carboxylic acids is 4. The molecule has 0 unspecified atom stereocenters. The molecule has 3 aromatic carbocycles. The van der Waals surface area contributed by atoms with E-state index in [-0.39, 0.29) is 40.7 Å². The van der Waals surface area contributed by atoms with Gasteiger partial charge in [0.15, 0.2) is 17.2 Å². The number of hydrogen-bond donors (Lipinski definition) is 5. The fourth-order valence-corrected chi connectivity index (χ4v) is 14.0. The van der Waals surface area contributed by atoms with Crippen LogP contribution >= 0.6 is 22.7 Å². The number of unbranched alkanes of at least 4 members (excludes halogenated alkanes) is 5. The second kappa shape index (κ2) is 30.4. The first-order valence-electron chi connectivity index (χ1n) is 30.0. The van der Waals surface area contributed by atoms with Crippen LogP contribution in [0.2, 0.25) is 0 Å². The molecule has 90 heavy (non-hydrogen) atoms. The number of aliphatic carboxylic acids is 1. The molecule has 5 amide bonds. The van der Waals surface area contributed by atoms with Crippen molar-refractivity contribution >= 4 is 89.7 Å². The Kier molecular flexibility index (Phi) is 23.1. The highest BCUT2D eigenvalue weighted by Crippen LogP contribution is 2.49. The molecule has 5 aromatic rings. The summed E-state index contributed by atoms with van der Waals surface area (Å²) in [6, 6.07) is 18.9. The largest absolute Gasteiger partial charge is 0.744 e. The molecule has 5 heterocycles. The van der Waals surface area contributed by atoms with E-state index in [1.54, 1.807) is 35.2 Å². The van der Waals surface area contributed by atoms with Gasteiger partial charge in [0, 0.05) is 76.7 Å². The standard InChI is InChI=1S/C65H79N7O14S4/c1-64(2)49-38-47(89(79,80)81)27-29-53(49)70(5)57(64)22-9-6-10-23-58-65(3,4)50-39-48(90(82,83)84)28-30-54(50)72(58)34-16-8-12-25-60(74)66-32-14-7-11-24-59(73)67-33-15-13-21-51(62(77)71(41-45-19-17-35-87-45)42-46-20-18-36-88-46)68-63(78)69-52(40-61(75)76)44-26-31-55-56(37-44)86-43-85-55/h6,9-10,17-20,22-23,26-31,35-39,51-52H,7-8,11-16,21,24-25,32-34,40-43H2,1-5H3,(H6-,66,67,68,69,73,74,75,76,78,79,80,81,82,83,84)/p-1/t51-,52-/m0/s1. The topological polar surface area (TPSA) is 296 Å². The summed E-state index contributed by atoms with van der Waals surface area (Å²) in [5, 5.41) is 25.2. The van der Waals surface area contributed by atoms with E-state index in [0.717, 1.165) is 50.9 Å². The van der Waals surface area contributed by atoms with Crippen molar-refractivity contribution < 1.29 is 69.1 Å². The van der Waals surface area contributed by atoms with Crippen LogP contribution in [0.3, 0.4) is 0 Å². The number of amides is 5. The summed E-state index contributed by atoms with van der Waals surface area (Å²) in [4.78, 5) is 71.0. The number of nitrogens with one attached hydrogen (secondary N) is 4. The number of benzene rings is 3. The first kappa shape index (κ1) is 68.2. The van der Waals surface area contributed by atoms with E-state index in [1.165, 1.54) is 46.9 Å². The number of urea groups is 1. The third-order valence-corrected chi connectivity index (χ3v) is 19.7. The fourth-order valence-electron chi connectivity index (χ4n) is 11.6. The highest BCUT2D eigenvalue weighted by molar-refractivity contribution is 7.86. The molecule has 0 spiro atoms. The summed E-state index contributed by atoms with van der Waals surface area (Å²) in [6.07, 6.45) is 15.1. The third-order valence-electron chi connectivity index (χ3n) is 16.4. The van der Waals surface area contributed by atoms with Crippen LogP contribution in [0.4, 0.5) is 16.2 Å². The number of allylic oxidation sites excluding steroid dienone is 6. The summed E-state index contributed by atoms with van der Waals surface area (Å²) in [7, 11) is -7.47. The van der Waals surface area contributed by atoms with Crippen LogP contribution in [0.25, 0.3) is 0 Å². The zero-order valence-electron chi connectivity index (χ0n) is 51.2. The minimum absolute atomic E-state index is 0.0243. The minimum Gasteiger partial charge on any atom is -0.744 e. The molecule has 0 saturated heterocycles. The summed E-state index contributed by atoms with van der Waals surface area (Å²) >= 11 is 3.04. The number of anilines is 1. The molecule has 3 aliphatic heterocycles. The molecule has 0 saturated carbocycles. The highest BCUT2D eigenvalue weighted by Gasteiger charge is 2.44. The van der Waals surface area contributed by atoms with Crippen molar-refractivity contribution in [3.05, 3.63) is 152 Å². The lowest BCUT2D eigenvalue weighted by Crippen LogP contribution is -2.51. The molecule has 0 fully saturated rings. The number of nitrogens with zero attached hydrogens (tertiary/aromatic N) is 3. The van der Waals surface area contributed by atoms with Crippen LogP contribution in [-0.2, 0) is 63.3 Å². The van der Waals surface area contributed by atoms with Gasteiger partial charge in [-0.1, -0.05) is 63.1 Å². The van der Waals surface area contributed by atoms with Crippen molar-refractivity contribution in [2.75, 3.05) is 38.4 Å². The predicted octanol–water partition coefficient (Wildman–Crippen LogP) is 9.78. The van der Waals surface area contributed by atoms with Gasteiger partial charge in [0.1, 0.15) is 33.3 Å². The molecule has 21 nitrogen and oxygen atoms in total. The molecule has 8 rings (SSSR count). The van der Waals surface area contributed by atoms with Gasteiger partial charge >= 0.3 is 12.0 Å². The highest BCUT2D eigenvalue weighted by atomic mass is 32.2. The molecule has 0 bridgehead atoms. The number of hydrogen-bond acceptors (Lipinski definition) is 16. The maximum atomic E-state index is 14.4. The van der Waals surface area contributed by atoms with Crippen molar-refractivity contribution in [3.8, 4) is 11.5 Å². The van der Waals surface area contributed by atoms with Gasteiger partial charge in [-0.15, -0.1) is 22.7 Å².